The molecule has 10 heteroatoms. The molecular weight excluding hydrogens is 999 g/mol. The van der Waals surface area contributed by atoms with Gasteiger partial charge in [0.25, 0.3) is 0 Å². The van der Waals surface area contributed by atoms with Gasteiger partial charge in [-0.05, 0) is 85.9 Å². The third-order valence-corrected chi connectivity index (χ3v) is 18.2. The van der Waals surface area contributed by atoms with Crippen LogP contribution in [0.2, 0.25) is 39.3 Å². The summed E-state index contributed by atoms with van der Waals surface area (Å²) in [6, 6.07) is 18.2. The van der Waals surface area contributed by atoms with Crippen LogP contribution in [0.3, 0.4) is 0 Å². The van der Waals surface area contributed by atoms with Gasteiger partial charge in [0, 0.05) is 13.2 Å². The number of rotatable bonds is 10. The van der Waals surface area contributed by atoms with Crippen molar-refractivity contribution in [2.75, 3.05) is 13.2 Å². The Bertz CT molecular complexity index is 1400. The number of ether oxygens (including phenoxy) is 1. The van der Waals surface area contributed by atoms with Crippen molar-refractivity contribution in [3.63, 3.8) is 0 Å². The zero-order valence-corrected chi connectivity index (χ0v) is 44.4. The first kappa shape index (κ1) is 52.8. The molecule has 0 unspecified atom stereocenters. The summed E-state index contributed by atoms with van der Waals surface area (Å²) in [5.74, 6) is 0. The number of fused-ring (bicyclic) bond motifs is 8. The first-order valence-corrected chi connectivity index (χ1v) is 28.3. The molecule has 0 amide bonds. The van der Waals surface area contributed by atoms with Crippen molar-refractivity contribution in [2.24, 2.45) is 0 Å². The Balaban J connectivity index is 0.000000573. The first-order chi connectivity index (χ1) is 25.5. The van der Waals surface area contributed by atoms with E-state index in [-0.39, 0.29) is 120 Å². The summed E-state index contributed by atoms with van der Waals surface area (Å²) in [5, 5.41) is 0. The van der Waals surface area contributed by atoms with Gasteiger partial charge in [-0.25, -0.2) is 0 Å². The zero-order valence-electron chi connectivity index (χ0n) is 37.5. The van der Waals surface area contributed by atoms with Gasteiger partial charge < -0.3 is 29.3 Å². The van der Waals surface area contributed by atoms with Crippen LogP contribution in [0.5, 0.6) is 0 Å². The average molecular weight is 1070 g/mol. The summed E-state index contributed by atoms with van der Waals surface area (Å²) in [5.41, 5.74) is 8.28. The monoisotopic (exact) mass is 1070 g/mol. The predicted molar refractivity (Wildman–Crippen MR) is 235 cm³/mol. The van der Waals surface area contributed by atoms with Gasteiger partial charge in [-0.3, -0.25) is 0 Å². The van der Waals surface area contributed by atoms with E-state index in [0.29, 0.717) is 0 Å². The number of hydrogen-bond donors (Lipinski definition) is 0. The summed E-state index contributed by atoms with van der Waals surface area (Å²) in [6.07, 6.45) is 10.2. The molecule has 4 aromatic rings. The topological polar surface area (TPSA) is 79.7 Å². The molecule has 1 saturated heterocycles. The van der Waals surface area contributed by atoms with Crippen molar-refractivity contribution in [3.05, 3.63) is 98.7 Å². The van der Waals surface area contributed by atoms with E-state index < -0.39 is 16.5 Å². The van der Waals surface area contributed by atoms with Crippen LogP contribution in [0.4, 0.5) is 0 Å². The quantitative estimate of drug-likeness (QED) is 0.148. The van der Waals surface area contributed by atoms with Crippen LogP contribution in [-0.4, -0.2) is 29.7 Å². The molecule has 1 fully saturated rings. The predicted octanol–water partition coefficient (Wildman–Crippen LogP) is 12.1. The Morgan fingerprint density at radius 2 is 0.607 bits per heavy atom. The zero-order chi connectivity index (χ0) is 40.0. The third kappa shape index (κ3) is 11.0. The fourth-order valence-corrected chi connectivity index (χ4v) is 17.6. The van der Waals surface area contributed by atoms with Crippen molar-refractivity contribution in [1.82, 2.24) is 19.9 Å². The fraction of sp³-hybridized carbons (Fsp3) is 0.652. The molecule has 0 atom stereocenters. The van der Waals surface area contributed by atoms with E-state index in [0.717, 1.165) is 110 Å². The molecule has 56 heavy (non-hydrogen) atoms. The van der Waals surface area contributed by atoms with Crippen LogP contribution in [0.25, 0.3) is 4.65 Å². The van der Waals surface area contributed by atoms with Crippen LogP contribution in [-0.2, 0) is 26.4 Å². The Hall–Kier alpha value is 0.643. The summed E-state index contributed by atoms with van der Waals surface area (Å²) >= 11 is 0. The van der Waals surface area contributed by atoms with Crippen LogP contribution in [0, 0.1) is 98.8 Å². The van der Waals surface area contributed by atoms with E-state index >= 15 is 0 Å². The number of hydrogen-bond acceptors (Lipinski definition) is 1. The third-order valence-electron chi connectivity index (χ3n) is 12.8. The maximum absolute atomic E-state index is 5.47. The summed E-state index contributed by atoms with van der Waals surface area (Å²) in [6.45, 7) is 34.1. The van der Waals surface area contributed by atoms with Gasteiger partial charge in [-0.2, -0.15) is 45.6 Å². The minimum Gasteiger partial charge on any atom is -0.668 e. The average Bonchev–Trinajstić information content (AvgIpc) is 3.98. The van der Waals surface area contributed by atoms with Crippen LogP contribution < -0.4 is 19.9 Å². The Morgan fingerprint density at radius 3 is 0.696 bits per heavy atom. The van der Waals surface area contributed by atoms with E-state index in [1.54, 1.807) is 0 Å². The molecule has 6 rings (SSSR count). The van der Waals surface area contributed by atoms with Gasteiger partial charge in [0.2, 0.25) is 0 Å². The molecule has 6 heterocycles. The van der Waals surface area contributed by atoms with Crippen molar-refractivity contribution in [1.29, 1.82) is 0 Å². The summed E-state index contributed by atoms with van der Waals surface area (Å²) in [7, 11) is -2.21. The molecule has 311 valence electrons. The molecule has 8 bridgehead atoms. The molecule has 0 aromatic carbocycles. The molecule has 2 aliphatic heterocycles. The van der Waals surface area contributed by atoms with E-state index in [9.17, 15) is 0 Å². The standard InChI is InChI=1S/C36H48N4.C6H18NSi2.C4H8O.2Eu/c1-9-33(10-2)25-17-19-27(37-25)34(11-3,12-4)29-21-23-31(39-29)36(15-7,16-8)32-24-22-30(40-32)35(13-5,14-6)28-20-18-26(33)38-28;1-8(2,3)7-9(4,5)6;1-2-4-5-3-1;;/h17-24H,9-16H2,1-8H3;1-6H3;1-4H2;;/q-4;-1;;+2;+3. The second-order valence-corrected chi connectivity index (χ2v) is 27.4. The van der Waals surface area contributed by atoms with E-state index in [2.05, 4.69) is 143 Å². The Morgan fingerprint density at radius 1 is 0.429 bits per heavy atom. The Kier molecular flexibility index (Phi) is 20.9. The summed E-state index contributed by atoms with van der Waals surface area (Å²) in [4.78, 5) is 21.9. The van der Waals surface area contributed by atoms with E-state index in [1.807, 2.05) is 0 Å². The number of nitrogens with zero attached hydrogens (tertiary/aromatic N) is 5. The maximum Gasteiger partial charge on any atom is 3.00 e. The molecule has 2 aliphatic rings. The van der Waals surface area contributed by atoms with Crippen LogP contribution in [0.15, 0.2) is 48.5 Å². The smallest absolute Gasteiger partial charge is 0.668 e. The second kappa shape index (κ2) is 22.1. The normalized spacial score (nSPS) is 17.7. The van der Waals surface area contributed by atoms with Gasteiger partial charge in [-0.1, -0.05) is 160 Å². The van der Waals surface area contributed by atoms with E-state index in [1.165, 1.54) is 12.8 Å². The molecule has 1 radical (unpaired) electrons. The number of aromatic nitrogens is 4. The van der Waals surface area contributed by atoms with Crippen molar-refractivity contribution < 1.29 is 103 Å². The molecule has 6 nitrogen and oxygen atoms in total. The molecule has 0 spiro atoms. The SMILES string of the molecule is C1CCOC1.CCC1(CC)c2ccc([n-]2)C(CC)(CC)c2ccc([n-]2)C(CC)(CC)c2ccc([n-]2)C(CC)(CC)c2ccc1[n-]2.C[Si](C)(C)[N-][Si](C)(C)C.[Eu+2].[Eu+3]. The van der Waals surface area contributed by atoms with Crippen LogP contribution >= 0.6 is 0 Å². The van der Waals surface area contributed by atoms with Gasteiger partial charge in [0.15, 0.2) is 0 Å². The van der Waals surface area contributed by atoms with Gasteiger partial charge in [0.1, 0.15) is 0 Å². The van der Waals surface area contributed by atoms with E-state index in [4.69, 9.17) is 29.3 Å². The van der Waals surface area contributed by atoms with Gasteiger partial charge in [-0.15, -0.1) is 0 Å². The largest absolute Gasteiger partial charge is 3.00 e. The van der Waals surface area contributed by atoms with Crippen molar-refractivity contribution >= 4 is 16.5 Å². The molecule has 0 saturated carbocycles. The fourth-order valence-electron chi connectivity index (χ4n) is 9.52. The van der Waals surface area contributed by atoms with Gasteiger partial charge >= 0.3 is 98.8 Å². The van der Waals surface area contributed by atoms with Crippen LogP contribution in [0.1, 0.15) is 165 Å². The molecule has 0 N–H and O–H groups in total. The molecule has 0 aliphatic carbocycles. The maximum atomic E-state index is 5.47. The van der Waals surface area contributed by atoms with Crippen molar-refractivity contribution in [2.45, 2.75) is 181 Å². The minimum absolute atomic E-state index is 0. The first-order valence-electron chi connectivity index (χ1n) is 21.4. The second-order valence-electron chi connectivity index (χ2n) is 17.8. The molecule has 4 aromatic heterocycles. The minimum atomic E-state index is -1.11. The molecular formula is C46H74Eu2N5OSi2. The Labute approximate surface area is 426 Å². The van der Waals surface area contributed by atoms with Gasteiger partial charge in [0.05, 0.1) is 0 Å². The van der Waals surface area contributed by atoms with Crippen molar-refractivity contribution in [3.8, 4) is 0 Å². The summed E-state index contributed by atoms with van der Waals surface area (Å²) < 4.78 is 9.76.